The van der Waals surface area contributed by atoms with Gasteiger partial charge < -0.3 is 10.1 Å². The van der Waals surface area contributed by atoms with E-state index in [2.05, 4.69) is 20.0 Å². The van der Waals surface area contributed by atoms with E-state index in [1.165, 1.54) is 6.07 Å². The number of carbonyl (C=O) groups is 1. The van der Waals surface area contributed by atoms with Gasteiger partial charge in [0, 0.05) is 0 Å². The molecule has 0 radical (unpaired) electrons. The number of nitrogens with zero attached hydrogens (tertiary/aromatic N) is 3. The molecule has 0 aromatic carbocycles. The van der Waals surface area contributed by atoms with Gasteiger partial charge in [0.15, 0.2) is 5.82 Å². The molecule has 0 unspecified atom stereocenters. The lowest BCUT2D eigenvalue weighted by atomic mass is 10.4. The first kappa shape index (κ1) is 10.8. The van der Waals surface area contributed by atoms with Crippen LogP contribution >= 0.6 is 0 Å². The SMILES string of the molecule is N#Cc1nc(NC=O)cnc1OC(F)F. The smallest absolute Gasteiger partial charge is 0.388 e. The second kappa shape index (κ2) is 4.80. The fourth-order valence-corrected chi connectivity index (χ4v) is 0.751. The minimum Gasteiger partial charge on any atom is -0.414 e. The summed E-state index contributed by atoms with van der Waals surface area (Å²) in [7, 11) is 0. The summed E-state index contributed by atoms with van der Waals surface area (Å²) in [5.41, 5.74) is -0.429. The maximum atomic E-state index is 11.8. The summed E-state index contributed by atoms with van der Waals surface area (Å²) in [5.74, 6) is -0.605. The van der Waals surface area contributed by atoms with Crippen molar-refractivity contribution in [1.29, 1.82) is 5.26 Å². The Bertz CT molecular complexity index is 404. The van der Waals surface area contributed by atoms with Crippen molar-refractivity contribution in [3.8, 4) is 11.9 Å². The number of aromatic nitrogens is 2. The zero-order valence-electron chi connectivity index (χ0n) is 7.15. The summed E-state index contributed by atoms with van der Waals surface area (Å²) in [6.07, 6.45) is 1.31. The van der Waals surface area contributed by atoms with Crippen molar-refractivity contribution >= 4 is 12.2 Å². The second-order valence-corrected chi connectivity index (χ2v) is 2.16. The van der Waals surface area contributed by atoms with Crippen molar-refractivity contribution in [2.45, 2.75) is 6.61 Å². The van der Waals surface area contributed by atoms with Gasteiger partial charge in [-0.2, -0.15) is 14.0 Å². The summed E-state index contributed by atoms with van der Waals surface area (Å²) < 4.78 is 27.6. The Hall–Kier alpha value is -2.30. The average molecular weight is 214 g/mol. The van der Waals surface area contributed by atoms with Crippen LogP contribution in [-0.2, 0) is 4.79 Å². The van der Waals surface area contributed by atoms with Crippen LogP contribution in [0.1, 0.15) is 5.69 Å². The van der Waals surface area contributed by atoms with E-state index in [0.29, 0.717) is 6.41 Å². The zero-order chi connectivity index (χ0) is 11.3. The normalized spacial score (nSPS) is 9.47. The van der Waals surface area contributed by atoms with Gasteiger partial charge in [0.2, 0.25) is 12.1 Å². The molecule has 1 heterocycles. The standard InChI is InChI=1S/C7H4F2N4O2/c8-7(9)15-6-4(1-10)13-5(2-11-6)12-3-14/h2-3,7H,(H,12,13,14). The molecule has 0 spiro atoms. The van der Waals surface area contributed by atoms with E-state index in [4.69, 9.17) is 5.26 Å². The number of alkyl halides is 2. The molecular weight excluding hydrogens is 210 g/mol. The van der Waals surface area contributed by atoms with E-state index in [0.717, 1.165) is 6.20 Å². The minimum absolute atomic E-state index is 0.0248. The lowest BCUT2D eigenvalue weighted by Gasteiger charge is -2.04. The van der Waals surface area contributed by atoms with Gasteiger partial charge in [-0.1, -0.05) is 0 Å². The van der Waals surface area contributed by atoms with Gasteiger partial charge >= 0.3 is 6.61 Å². The van der Waals surface area contributed by atoms with Gasteiger partial charge in [-0.3, -0.25) is 4.79 Å². The Morgan fingerprint density at radius 3 is 2.93 bits per heavy atom. The third-order valence-electron chi connectivity index (χ3n) is 1.25. The molecule has 8 heteroatoms. The lowest BCUT2D eigenvalue weighted by molar-refractivity contribution is -0.105. The van der Waals surface area contributed by atoms with Crippen molar-refractivity contribution < 1.29 is 18.3 Å². The van der Waals surface area contributed by atoms with E-state index < -0.39 is 18.2 Å². The molecule has 15 heavy (non-hydrogen) atoms. The maximum absolute atomic E-state index is 11.8. The predicted molar refractivity (Wildman–Crippen MR) is 43.1 cm³/mol. The summed E-state index contributed by atoms with van der Waals surface area (Å²) in [6, 6.07) is 1.51. The van der Waals surface area contributed by atoms with E-state index in [-0.39, 0.29) is 5.82 Å². The van der Waals surface area contributed by atoms with Crippen molar-refractivity contribution in [2.24, 2.45) is 0 Å². The van der Waals surface area contributed by atoms with Crippen LogP contribution in [0.3, 0.4) is 0 Å². The first-order chi connectivity index (χ1) is 7.17. The van der Waals surface area contributed by atoms with Gasteiger partial charge in [0.05, 0.1) is 6.20 Å². The number of amides is 1. The molecular formula is C7H4F2N4O2. The molecule has 78 valence electrons. The summed E-state index contributed by atoms with van der Waals surface area (Å²) in [6.45, 7) is -3.09. The highest BCUT2D eigenvalue weighted by molar-refractivity contribution is 5.68. The highest BCUT2D eigenvalue weighted by Crippen LogP contribution is 2.16. The largest absolute Gasteiger partial charge is 0.414 e. The van der Waals surface area contributed by atoms with Gasteiger partial charge in [-0.05, 0) is 0 Å². The van der Waals surface area contributed by atoms with Crippen molar-refractivity contribution in [2.75, 3.05) is 5.32 Å². The molecule has 0 saturated carbocycles. The van der Waals surface area contributed by atoms with Crippen LogP contribution < -0.4 is 10.1 Å². The molecule has 0 fully saturated rings. The number of carbonyl (C=O) groups excluding carboxylic acids is 1. The molecule has 0 saturated heterocycles. The van der Waals surface area contributed by atoms with Crippen molar-refractivity contribution in [3.05, 3.63) is 11.9 Å². The van der Waals surface area contributed by atoms with Gasteiger partial charge in [-0.25, -0.2) is 9.97 Å². The minimum atomic E-state index is -3.09. The predicted octanol–water partition coefficient (Wildman–Crippen LogP) is 0.518. The summed E-state index contributed by atoms with van der Waals surface area (Å²) in [4.78, 5) is 16.9. The molecule has 1 N–H and O–H groups in total. The quantitative estimate of drug-likeness (QED) is 0.738. The number of ether oxygens (including phenoxy) is 1. The van der Waals surface area contributed by atoms with Gasteiger partial charge in [0.1, 0.15) is 6.07 Å². The third-order valence-corrected chi connectivity index (χ3v) is 1.25. The molecule has 6 nitrogen and oxygen atoms in total. The van der Waals surface area contributed by atoms with Gasteiger partial charge in [-0.15, -0.1) is 0 Å². The lowest BCUT2D eigenvalue weighted by Crippen LogP contribution is -2.08. The maximum Gasteiger partial charge on any atom is 0.388 e. The Morgan fingerprint density at radius 1 is 1.67 bits per heavy atom. The monoisotopic (exact) mass is 214 g/mol. The highest BCUT2D eigenvalue weighted by atomic mass is 19.3. The molecule has 0 aliphatic heterocycles. The first-order valence-electron chi connectivity index (χ1n) is 3.59. The van der Waals surface area contributed by atoms with Crippen LogP contribution in [0.25, 0.3) is 0 Å². The number of hydrogen-bond acceptors (Lipinski definition) is 5. The van der Waals surface area contributed by atoms with Crippen molar-refractivity contribution in [1.82, 2.24) is 9.97 Å². The molecule has 1 amide bonds. The van der Waals surface area contributed by atoms with Crippen LogP contribution in [0.5, 0.6) is 5.88 Å². The number of anilines is 1. The van der Waals surface area contributed by atoms with E-state index in [1.54, 1.807) is 0 Å². The summed E-state index contributed by atoms with van der Waals surface area (Å²) >= 11 is 0. The van der Waals surface area contributed by atoms with E-state index in [9.17, 15) is 13.6 Å². The molecule has 1 aromatic heterocycles. The van der Waals surface area contributed by atoms with Crippen LogP contribution in [0, 0.1) is 11.3 Å². The number of nitrogens with one attached hydrogen (secondary N) is 1. The molecule has 0 aliphatic carbocycles. The molecule has 0 bridgehead atoms. The van der Waals surface area contributed by atoms with E-state index in [1.807, 2.05) is 0 Å². The fourth-order valence-electron chi connectivity index (χ4n) is 0.751. The Kier molecular flexibility index (Phi) is 3.45. The van der Waals surface area contributed by atoms with Crippen LogP contribution in [-0.4, -0.2) is 23.0 Å². The Morgan fingerprint density at radius 2 is 2.40 bits per heavy atom. The van der Waals surface area contributed by atoms with Crippen LogP contribution in [0.15, 0.2) is 6.20 Å². The van der Waals surface area contributed by atoms with Crippen LogP contribution in [0.2, 0.25) is 0 Å². The van der Waals surface area contributed by atoms with E-state index >= 15 is 0 Å². The molecule has 1 rings (SSSR count). The topological polar surface area (TPSA) is 87.9 Å². The zero-order valence-corrected chi connectivity index (χ0v) is 7.15. The molecule has 0 atom stereocenters. The second-order valence-electron chi connectivity index (χ2n) is 2.16. The summed E-state index contributed by atoms with van der Waals surface area (Å²) in [5, 5.41) is 10.6. The molecule has 0 aliphatic rings. The average Bonchev–Trinajstić information content (AvgIpc) is 2.20. The molecule has 1 aromatic rings. The van der Waals surface area contributed by atoms with Crippen LogP contribution in [0.4, 0.5) is 14.6 Å². The van der Waals surface area contributed by atoms with Gasteiger partial charge in [0.25, 0.3) is 5.88 Å². The Balaban J connectivity index is 2.99. The number of rotatable bonds is 4. The fraction of sp³-hybridized carbons (Fsp3) is 0.143. The Labute approximate surface area is 82.5 Å². The first-order valence-corrected chi connectivity index (χ1v) is 3.59. The van der Waals surface area contributed by atoms with Crippen molar-refractivity contribution in [3.63, 3.8) is 0 Å². The third kappa shape index (κ3) is 2.84. The number of halogens is 2. The number of nitriles is 1. The number of hydrogen-bond donors (Lipinski definition) is 1. The highest BCUT2D eigenvalue weighted by Gasteiger charge is 2.13.